The minimum absolute atomic E-state index is 0.0250. The van der Waals surface area contributed by atoms with Gasteiger partial charge in [0.1, 0.15) is 29.7 Å². The van der Waals surface area contributed by atoms with Crippen molar-refractivity contribution in [3.63, 3.8) is 0 Å². The summed E-state index contributed by atoms with van der Waals surface area (Å²) in [6.07, 6.45) is 9.72. The number of aromatic nitrogens is 2. The summed E-state index contributed by atoms with van der Waals surface area (Å²) in [6.45, 7) is 1.21. The third-order valence-electron chi connectivity index (χ3n) is 4.78. The van der Waals surface area contributed by atoms with Crippen LogP contribution in [0.2, 0.25) is 0 Å². The van der Waals surface area contributed by atoms with Crippen LogP contribution in [0.4, 0.5) is 0 Å². The Morgan fingerprint density at radius 3 is 2.81 bits per heavy atom. The summed E-state index contributed by atoms with van der Waals surface area (Å²) in [5.74, 6) is 2.59. The number of benzene rings is 1. The molecular weight excluding hydrogens is 328 g/mol. The van der Waals surface area contributed by atoms with Gasteiger partial charge in [-0.2, -0.15) is 0 Å². The second-order valence-electron chi connectivity index (χ2n) is 6.64. The van der Waals surface area contributed by atoms with Crippen molar-refractivity contribution in [2.75, 3.05) is 6.54 Å². The minimum Gasteiger partial charge on any atom is -0.486 e. The van der Waals surface area contributed by atoms with Crippen LogP contribution in [0, 0.1) is 0 Å². The fourth-order valence-electron chi connectivity index (χ4n) is 3.25. The van der Waals surface area contributed by atoms with E-state index in [1.807, 2.05) is 53.1 Å². The standard InChI is InChI=1S/C20H22N4O2/c1-23-12-10-21-19(23)14-26-16-8-6-15(7-9-16)13-17-20(25)24-11-4-2-3-5-18(24)22-17/h6-10,12-13H,2-5,11,14H2,1H3/b17-13+. The highest BCUT2D eigenvalue weighted by atomic mass is 16.5. The van der Waals surface area contributed by atoms with Crippen LogP contribution in [-0.4, -0.2) is 32.7 Å². The summed E-state index contributed by atoms with van der Waals surface area (Å²) in [5.41, 5.74) is 1.48. The molecule has 2 aromatic rings. The molecule has 0 aliphatic carbocycles. The highest BCUT2D eigenvalue weighted by molar-refractivity contribution is 6.14. The number of aliphatic imine (C=N–C) groups is 1. The number of hydrogen-bond donors (Lipinski definition) is 0. The van der Waals surface area contributed by atoms with Crippen LogP contribution in [0.5, 0.6) is 5.75 Å². The van der Waals surface area contributed by atoms with E-state index in [9.17, 15) is 4.79 Å². The lowest BCUT2D eigenvalue weighted by Gasteiger charge is -2.14. The van der Waals surface area contributed by atoms with E-state index in [1.54, 1.807) is 6.20 Å². The van der Waals surface area contributed by atoms with Crippen LogP contribution in [-0.2, 0) is 18.4 Å². The smallest absolute Gasteiger partial charge is 0.277 e. The molecule has 1 aromatic heterocycles. The lowest BCUT2D eigenvalue weighted by Crippen LogP contribution is -2.31. The van der Waals surface area contributed by atoms with Crippen molar-refractivity contribution in [3.8, 4) is 5.75 Å². The van der Waals surface area contributed by atoms with Crippen LogP contribution in [0.15, 0.2) is 47.3 Å². The Morgan fingerprint density at radius 2 is 2.04 bits per heavy atom. The number of hydrogen-bond acceptors (Lipinski definition) is 4. The van der Waals surface area contributed by atoms with E-state index in [2.05, 4.69) is 9.98 Å². The topological polar surface area (TPSA) is 59.7 Å². The van der Waals surface area contributed by atoms with Crippen LogP contribution < -0.4 is 4.74 Å². The fourth-order valence-corrected chi connectivity index (χ4v) is 3.25. The average molecular weight is 350 g/mol. The van der Waals surface area contributed by atoms with E-state index in [0.29, 0.717) is 12.3 Å². The molecule has 0 N–H and O–H groups in total. The van der Waals surface area contributed by atoms with Crippen molar-refractivity contribution in [1.82, 2.24) is 14.5 Å². The van der Waals surface area contributed by atoms with Crippen LogP contribution >= 0.6 is 0 Å². The molecule has 4 rings (SSSR count). The molecule has 1 saturated heterocycles. The van der Waals surface area contributed by atoms with Gasteiger partial charge in [0.15, 0.2) is 0 Å². The molecule has 26 heavy (non-hydrogen) atoms. The van der Waals surface area contributed by atoms with Crippen molar-refractivity contribution >= 4 is 17.8 Å². The molecule has 1 fully saturated rings. The van der Waals surface area contributed by atoms with Crippen LogP contribution in [0.3, 0.4) is 0 Å². The van der Waals surface area contributed by atoms with Crippen molar-refractivity contribution in [2.45, 2.75) is 32.3 Å². The maximum absolute atomic E-state index is 12.5. The zero-order valence-corrected chi connectivity index (χ0v) is 14.9. The van der Waals surface area contributed by atoms with Gasteiger partial charge >= 0.3 is 0 Å². The third-order valence-corrected chi connectivity index (χ3v) is 4.78. The quantitative estimate of drug-likeness (QED) is 0.796. The molecule has 1 aromatic carbocycles. The predicted molar refractivity (Wildman–Crippen MR) is 99.6 cm³/mol. The average Bonchev–Trinajstić information content (AvgIpc) is 3.08. The second-order valence-corrected chi connectivity index (χ2v) is 6.64. The summed E-state index contributed by atoms with van der Waals surface area (Å²) >= 11 is 0. The van der Waals surface area contributed by atoms with E-state index < -0.39 is 0 Å². The molecule has 1 amide bonds. The summed E-state index contributed by atoms with van der Waals surface area (Å²) in [6, 6.07) is 7.69. The number of ether oxygens (including phenoxy) is 1. The molecule has 2 aliphatic heterocycles. The Hall–Kier alpha value is -2.89. The van der Waals surface area contributed by atoms with Gasteiger partial charge in [0.25, 0.3) is 5.91 Å². The second kappa shape index (κ2) is 7.15. The first kappa shape index (κ1) is 16.6. The van der Waals surface area contributed by atoms with E-state index in [1.165, 1.54) is 6.42 Å². The number of imidazole rings is 1. The summed E-state index contributed by atoms with van der Waals surface area (Å²) < 4.78 is 7.69. The third kappa shape index (κ3) is 3.40. The van der Waals surface area contributed by atoms with Gasteiger partial charge < -0.3 is 9.30 Å². The van der Waals surface area contributed by atoms with Crippen molar-refractivity contribution in [2.24, 2.45) is 12.0 Å². The van der Waals surface area contributed by atoms with Crippen LogP contribution in [0.1, 0.15) is 37.1 Å². The van der Waals surface area contributed by atoms with E-state index in [0.717, 1.165) is 48.8 Å². The Balaban J connectivity index is 1.44. The van der Waals surface area contributed by atoms with Crippen molar-refractivity contribution in [3.05, 3.63) is 53.7 Å². The van der Waals surface area contributed by atoms with Crippen molar-refractivity contribution in [1.29, 1.82) is 0 Å². The Labute approximate surface area is 152 Å². The number of amidine groups is 1. The van der Waals surface area contributed by atoms with Gasteiger partial charge in [-0.05, 0) is 36.6 Å². The molecule has 2 aliphatic rings. The van der Waals surface area contributed by atoms with E-state index >= 15 is 0 Å². The molecule has 3 heterocycles. The number of carbonyl (C=O) groups is 1. The normalized spacial score (nSPS) is 18.7. The highest BCUT2D eigenvalue weighted by Gasteiger charge is 2.30. The van der Waals surface area contributed by atoms with Crippen LogP contribution in [0.25, 0.3) is 6.08 Å². The van der Waals surface area contributed by atoms with Gasteiger partial charge in [-0.3, -0.25) is 9.69 Å². The van der Waals surface area contributed by atoms with Crippen molar-refractivity contribution < 1.29 is 9.53 Å². The van der Waals surface area contributed by atoms with Gasteiger partial charge in [-0.15, -0.1) is 0 Å². The molecule has 134 valence electrons. The molecule has 0 unspecified atom stereocenters. The first-order chi connectivity index (χ1) is 12.7. The largest absolute Gasteiger partial charge is 0.486 e. The number of fused-ring (bicyclic) bond motifs is 1. The monoisotopic (exact) mass is 350 g/mol. The first-order valence-corrected chi connectivity index (χ1v) is 9.01. The molecule has 0 radical (unpaired) electrons. The van der Waals surface area contributed by atoms with Gasteiger partial charge in [0, 0.05) is 32.4 Å². The number of rotatable bonds is 4. The maximum Gasteiger partial charge on any atom is 0.277 e. The summed E-state index contributed by atoms with van der Waals surface area (Å²) in [5, 5.41) is 0. The number of carbonyl (C=O) groups excluding carboxylic acids is 1. The van der Waals surface area contributed by atoms with Gasteiger partial charge in [-0.25, -0.2) is 9.98 Å². The van der Waals surface area contributed by atoms with Gasteiger partial charge in [0.05, 0.1) is 0 Å². The van der Waals surface area contributed by atoms with Gasteiger partial charge in [0.2, 0.25) is 0 Å². The Morgan fingerprint density at radius 1 is 1.19 bits per heavy atom. The maximum atomic E-state index is 12.5. The predicted octanol–water partition coefficient (Wildman–Crippen LogP) is 3.15. The molecule has 6 nitrogen and oxygen atoms in total. The first-order valence-electron chi connectivity index (χ1n) is 9.01. The number of amides is 1. The lowest BCUT2D eigenvalue weighted by atomic mass is 10.2. The van der Waals surface area contributed by atoms with E-state index in [4.69, 9.17) is 4.74 Å². The molecule has 0 spiro atoms. The molecular formula is C20H22N4O2. The lowest BCUT2D eigenvalue weighted by molar-refractivity contribution is -0.122. The zero-order chi connectivity index (χ0) is 17.9. The SMILES string of the molecule is Cn1ccnc1COc1ccc(/C=C2/N=C3CCCCCN3C2=O)cc1. The number of nitrogens with zero attached hydrogens (tertiary/aromatic N) is 4. The number of aryl methyl sites for hydroxylation is 1. The zero-order valence-electron chi connectivity index (χ0n) is 14.9. The molecule has 6 heteroatoms. The Kier molecular flexibility index (Phi) is 4.56. The molecule has 0 saturated carbocycles. The highest BCUT2D eigenvalue weighted by Crippen LogP contribution is 2.24. The minimum atomic E-state index is 0.0250. The fraction of sp³-hybridized carbons (Fsp3) is 0.350. The summed E-state index contributed by atoms with van der Waals surface area (Å²) in [7, 11) is 1.94. The molecule has 0 bridgehead atoms. The van der Waals surface area contributed by atoms with E-state index in [-0.39, 0.29) is 5.91 Å². The summed E-state index contributed by atoms with van der Waals surface area (Å²) in [4.78, 5) is 23.2. The molecule has 0 atom stereocenters. The Bertz CT molecular complexity index is 864. The van der Waals surface area contributed by atoms with Gasteiger partial charge in [-0.1, -0.05) is 18.6 Å².